The normalized spacial score (nSPS) is 9.64. The third-order valence-corrected chi connectivity index (χ3v) is 1.74. The van der Waals surface area contributed by atoms with E-state index in [1.54, 1.807) is 0 Å². The Bertz CT molecular complexity index is 276. The van der Waals surface area contributed by atoms with Crippen LogP contribution in [0.2, 0.25) is 0 Å². The van der Waals surface area contributed by atoms with Crippen LogP contribution in [0.1, 0.15) is 30.9 Å². The lowest BCUT2D eigenvalue weighted by Crippen LogP contribution is -1.90. The number of hydrogen-bond acceptors (Lipinski definition) is 0. The van der Waals surface area contributed by atoms with Gasteiger partial charge in [-0.25, -0.2) is 0 Å². The minimum atomic E-state index is 0.516. The summed E-state index contributed by atoms with van der Waals surface area (Å²) >= 11 is 0. The smallest absolute Gasteiger partial charge is 0.0277 e. The van der Waals surface area contributed by atoms with Gasteiger partial charge in [-0.1, -0.05) is 38.0 Å². The molecule has 0 nitrogen and oxygen atoms in total. The van der Waals surface area contributed by atoms with E-state index in [0.29, 0.717) is 5.92 Å². The molecule has 0 aliphatic rings. The first kappa shape index (κ1) is 7.88. The van der Waals surface area contributed by atoms with Gasteiger partial charge in [0.15, 0.2) is 0 Å². The third-order valence-electron chi connectivity index (χ3n) is 1.74. The van der Waals surface area contributed by atoms with E-state index >= 15 is 0 Å². The predicted molar refractivity (Wildman–Crippen MR) is 48.5 cm³/mol. The van der Waals surface area contributed by atoms with E-state index in [9.17, 15) is 0 Å². The molecule has 0 saturated heterocycles. The van der Waals surface area contributed by atoms with Gasteiger partial charge >= 0.3 is 0 Å². The van der Waals surface area contributed by atoms with Gasteiger partial charge in [0.05, 0.1) is 0 Å². The van der Waals surface area contributed by atoms with E-state index in [4.69, 9.17) is 6.42 Å². The van der Waals surface area contributed by atoms with Crippen LogP contribution in [0.3, 0.4) is 0 Å². The molecule has 56 valence electrons. The summed E-state index contributed by atoms with van der Waals surface area (Å²) in [5.41, 5.74) is 2.28. The largest absolute Gasteiger partial charge is 0.115 e. The molecule has 0 unspecified atom stereocenters. The standard InChI is InChI=1S/C11H12/c1-4-10-7-5-6-8-11(10)9(2)3/h1,5-9H,2-3H3. The lowest BCUT2D eigenvalue weighted by atomic mass is 9.98. The Hall–Kier alpha value is -1.22. The van der Waals surface area contributed by atoms with Gasteiger partial charge < -0.3 is 0 Å². The molecule has 1 aromatic rings. The SMILES string of the molecule is C#Cc1ccccc1C(C)C. The van der Waals surface area contributed by atoms with Gasteiger partial charge in [0.2, 0.25) is 0 Å². The van der Waals surface area contributed by atoms with Crippen molar-refractivity contribution in [2.75, 3.05) is 0 Å². The van der Waals surface area contributed by atoms with Crippen molar-refractivity contribution in [3.8, 4) is 12.3 Å². The number of rotatable bonds is 1. The average molecular weight is 144 g/mol. The van der Waals surface area contributed by atoms with Gasteiger partial charge in [-0.15, -0.1) is 6.42 Å². The topological polar surface area (TPSA) is 0 Å². The van der Waals surface area contributed by atoms with Crippen molar-refractivity contribution in [3.05, 3.63) is 35.4 Å². The summed E-state index contributed by atoms with van der Waals surface area (Å²) in [7, 11) is 0. The summed E-state index contributed by atoms with van der Waals surface area (Å²) in [6.45, 7) is 4.30. The van der Waals surface area contributed by atoms with Gasteiger partial charge in [-0.2, -0.15) is 0 Å². The van der Waals surface area contributed by atoms with Crippen molar-refractivity contribution in [1.29, 1.82) is 0 Å². The Morgan fingerprint density at radius 2 is 1.91 bits per heavy atom. The summed E-state index contributed by atoms with van der Waals surface area (Å²) in [5, 5.41) is 0. The summed E-state index contributed by atoms with van der Waals surface area (Å²) in [5.74, 6) is 3.19. The minimum absolute atomic E-state index is 0.516. The van der Waals surface area contributed by atoms with Crippen LogP contribution in [-0.2, 0) is 0 Å². The minimum Gasteiger partial charge on any atom is -0.115 e. The molecule has 1 aromatic carbocycles. The molecule has 0 aliphatic heterocycles. The molecule has 1 rings (SSSR count). The first-order valence-electron chi connectivity index (χ1n) is 3.81. The van der Waals surface area contributed by atoms with Crippen molar-refractivity contribution in [2.24, 2.45) is 0 Å². The van der Waals surface area contributed by atoms with Crippen molar-refractivity contribution in [1.82, 2.24) is 0 Å². The van der Waals surface area contributed by atoms with Gasteiger partial charge in [-0.3, -0.25) is 0 Å². The van der Waals surface area contributed by atoms with Crippen LogP contribution in [0, 0.1) is 12.3 Å². The second kappa shape index (κ2) is 3.25. The quantitative estimate of drug-likeness (QED) is 0.532. The van der Waals surface area contributed by atoms with E-state index in [2.05, 4.69) is 25.8 Å². The molecule has 0 radical (unpaired) electrons. The zero-order valence-corrected chi connectivity index (χ0v) is 6.96. The molecule has 0 fully saturated rings. The van der Waals surface area contributed by atoms with Crippen LogP contribution in [0.25, 0.3) is 0 Å². The van der Waals surface area contributed by atoms with E-state index < -0.39 is 0 Å². The number of hydrogen-bond donors (Lipinski definition) is 0. The lowest BCUT2D eigenvalue weighted by molar-refractivity contribution is 0.863. The Morgan fingerprint density at radius 3 is 2.36 bits per heavy atom. The average Bonchev–Trinajstić information content (AvgIpc) is 2.04. The highest BCUT2D eigenvalue weighted by Gasteiger charge is 2.01. The fourth-order valence-corrected chi connectivity index (χ4v) is 1.13. The molecule has 0 N–H and O–H groups in total. The van der Waals surface area contributed by atoms with E-state index in [0.717, 1.165) is 5.56 Å². The van der Waals surface area contributed by atoms with Crippen LogP contribution in [0.4, 0.5) is 0 Å². The molecular weight excluding hydrogens is 132 g/mol. The second-order valence-corrected chi connectivity index (χ2v) is 2.89. The Labute approximate surface area is 68.3 Å². The van der Waals surface area contributed by atoms with Crippen LogP contribution in [0.15, 0.2) is 24.3 Å². The van der Waals surface area contributed by atoms with Crippen molar-refractivity contribution in [3.63, 3.8) is 0 Å². The molecular formula is C11H12. The van der Waals surface area contributed by atoms with E-state index in [1.807, 2.05) is 18.2 Å². The zero-order chi connectivity index (χ0) is 8.27. The second-order valence-electron chi connectivity index (χ2n) is 2.89. The predicted octanol–water partition coefficient (Wildman–Crippen LogP) is 2.79. The molecule has 0 spiro atoms. The Balaban J connectivity index is 3.15. The van der Waals surface area contributed by atoms with Crippen LogP contribution in [-0.4, -0.2) is 0 Å². The first-order valence-corrected chi connectivity index (χ1v) is 3.81. The van der Waals surface area contributed by atoms with Crippen LogP contribution < -0.4 is 0 Å². The summed E-state index contributed by atoms with van der Waals surface area (Å²) in [4.78, 5) is 0. The summed E-state index contributed by atoms with van der Waals surface area (Å²) in [6.07, 6.45) is 5.34. The third kappa shape index (κ3) is 1.62. The molecule has 0 heteroatoms. The highest BCUT2D eigenvalue weighted by Crippen LogP contribution is 2.17. The van der Waals surface area contributed by atoms with Crippen molar-refractivity contribution >= 4 is 0 Å². The van der Waals surface area contributed by atoms with Gasteiger partial charge in [-0.05, 0) is 17.5 Å². The maximum atomic E-state index is 5.34. The highest BCUT2D eigenvalue weighted by molar-refractivity contribution is 5.41. The van der Waals surface area contributed by atoms with E-state index in [-0.39, 0.29) is 0 Å². The number of terminal acetylenes is 1. The summed E-state index contributed by atoms with van der Waals surface area (Å²) < 4.78 is 0. The van der Waals surface area contributed by atoms with Crippen LogP contribution >= 0.6 is 0 Å². The molecule has 0 bridgehead atoms. The molecule has 0 saturated carbocycles. The lowest BCUT2D eigenvalue weighted by Gasteiger charge is -2.06. The number of benzene rings is 1. The fourth-order valence-electron chi connectivity index (χ4n) is 1.13. The zero-order valence-electron chi connectivity index (χ0n) is 6.96. The van der Waals surface area contributed by atoms with Gasteiger partial charge in [0.25, 0.3) is 0 Å². The monoisotopic (exact) mass is 144 g/mol. The molecule has 0 aliphatic carbocycles. The van der Waals surface area contributed by atoms with Gasteiger partial charge in [0.1, 0.15) is 0 Å². The fraction of sp³-hybridized carbons (Fsp3) is 0.273. The highest BCUT2D eigenvalue weighted by atomic mass is 14.1. The summed E-state index contributed by atoms with van der Waals surface area (Å²) in [6, 6.07) is 8.06. The molecule has 0 amide bonds. The van der Waals surface area contributed by atoms with Crippen LogP contribution in [0.5, 0.6) is 0 Å². The van der Waals surface area contributed by atoms with Gasteiger partial charge in [0, 0.05) is 5.56 Å². The molecule has 11 heavy (non-hydrogen) atoms. The molecule has 0 heterocycles. The Morgan fingerprint density at radius 1 is 1.27 bits per heavy atom. The van der Waals surface area contributed by atoms with E-state index in [1.165, 1.54) is 5.56 Å². The molecule has 0 aromatic heterocycles. The Kier molecular flexibility index (Phi) is 2.33. The maximum Gasteiger partial charge on any atom is 0.0277 e. The maximum absolute atomic E-state index is 5.34. The molecule has 0 atom stereocenters. The first-order chi connectivity index (χ1) is 5.25. The van der Waals surface area contributed by atoms with Crippen molar-refractivity contribution < 1.29 is 0 Å². The van der Waals surface area contributed by atoms with Crippen molar-refractivity contribution in [2.45, 2.75) is 19.8 Å².